The molecule has 1 aromatic heterocycles. The van der Waals surface area contributed by atoms with Crippen molar-refractivity contribution in [1.82, 2.24) is 10.3 Å². The third kappa shape index (κ3) is 2.58. The molecule has 1 N–H and O–H groups in total. The average molecular weight is 220 g/mol. The summed E-state index contributed by atoms with van der Waals surface area (Å²) < 4.78 is 4.60. The van der Waals surface area contributed by atoms with Gasteiger partial charge in [-0.05, 0) is 24.5 Å². The molecule has 2 rings (SSSR count). The van der Waals surface area contributed by atoms with Crippen molar-refractivity contribution in [2.75, 3.05) is 7.11 Å². The van der Waals surface area contributed by atoms with E-state index in [1.165, 1.54) is 13.5 Å². The fraction of sp³-hybridized carbons (Fsp3) is 0.500. The molecule has 0 spiro atoms. The van der Waals surface area contributed by atoms with Gasteiger partial charge in [-0.1, -0.05) is 6.92 Å². The monoisotopic (exact) mass is 220 g/mol. The maximum atomic E-state index is 11.2. The van der Waals surface area contributed by atoms with E-state index in [9.17, 15) is 4.79 Å². The minimum atomic E-state index is -0.345. The quantitative estimate of drug-likeness (QED) is 0.778. The van der Waals surface area contributed by atoms with Crippen molar-refractivity contribution in [2.45, 2.75) is 25.9 Å². The molecule has 0 aromatic carbocycles. The Kier molecular flexibility index (Phi) is 3.19. The largest absolute Gasteiger partial charge is 0.465 e. The maximum Gasteiger partial charge on any atom is 0.339 e. The number of hydrogen-bond donors (Lipinski definition) is 1. The summed E-state index contributed by atoms with van der Waals surface area (Å²) in [5.74, 6) is 0.442. The Hall–Kier alpha value is -1.42. The second-order valence-corrected chi connectivity index (χ2v) is 4.23. The number of nitrogens with zero attached hydrogens (tertiary/aromatic N) is 1. The number of methoxy groups -OCH3 is 1. The minimum Gasteiger partial charge on any atom is -0.465 e. The first-order chi connectivity index (χ1) is 7.70. The molecule has 1 heterocycles. The molecule has 0 aliphatic heterocycles. The zero-order chi connectivity index (χ0) is 11.5. The Morgan fingerprint density at radius 2 is 2.38 bits per heavy atom. The lowest BCUT2D eigenvalue weighted by molar-refractivity contribution is 0.0600. The summed E-state index contributed by atoms with van der Waals surface area (Å²) >= 11 is 0. The van der Waals surface area contributed by atoms with Crippen molar-refractivity contribution in [2.24, 2.45) is 5.92 Å². The third-order valence-electron chi connectivity index (χ3n) is 2.90. The Bertz CT molecular complexity index is 375. The molecule has 16 heavy (non-hydrogen) atoms. The van der Waals surface area contributed by atoms with Crippen molar-refractivity contribution < 1.29 is 9.53 Å². The summed E-state index contributed by atoms with van der Waals surface area (Å²) in [6.45, 7) is 2.99. The van der Waals surface area contributed by atoms with Crippen LogP contribution in [0.4, 0.5) is 0 Å². The summed E-state index contributed by atoms with van der Waals surface area (Å²) in [6.07, 6.45) is 2.80. The highest BCUT2D eigenvalue weighted by Crippen LogP contribution is 2.29. The normalized spacial score (nSPS) is 22.9. The first-order valence-electron chi connectivity index (χ1n) is 5.47. The fourth-order valence-corrected chi connectivity index (χ4v) is 1.61. The van der Waals surface area contributed by atoms with Crippen LogP contribution < -0.4 is 5.32 Å². The van der Waals surface area contributed by atoms with Gasteiger partial charge in [0.15, 0.2) is 0 Å². The van der Waals surface area contributed by atoms with E-state index >= 15 is 0 Å². The molecular formula is C12H16N2O2. The second kappa shape index (κ2) is 4.61. The first-order valence-corrected chi connectivity index (χ1v) is 5.47. The van der Waals surface area contributed by atoms with Gasteiger partial charge in [-0.25, -0.2) is 4.79 Å². The molecule has 4 nitrogen and oxygen atoms in total. The number of pyridine rings is 1. The molecular weight excluding hydrogens is 204 g/mol. The summed E-state index contributed by atoms with van der Waals surface area (Å²) in [5, 5.41) is 3.41. The molecule has 2 unspecified atom stereocenters. The zero-order valence-corrected chi connectivity index (χ0v) is 9.56. The lowest BCUT2D eigenvalue weighted by Gasteiger charge is -2.03. The van der Waals surface area contributed by atoms with Crippen LogP contribution in [-0.4, -0.2) is 24.1 Å². The number of esters is 1. The van der Waals surface area contributed by atoms with E-state index in [2.05, 4.69) is 22.0 Å². The molecule has 1 saturated carbocycles. The summed E-state index contributed by atoms with van der Waals surface area (Å²) in [4.78, 5) is 15.4. The van der Waals surface area contributed by atoms with Crippen LogP contribution in [0.15, 0.2) is 18.3 Å². The van der Waals surface area contributed by atoms with Gasteiger partial charge in [0, 0.05) is 18.8 Å². The smallest absolute Gasteiger partial charge is 0.339 e. The van der Waals surface area contributed by atoms with Gasteiger partial charge in [0.05, 0.1) is 18.4 Å². The number of rotatable bonds is 4. The minimum absolute atomic E-state index is 0.345. The van der Waals surface area contributed by atoms with Crippen LogP contribution in [0.5, 0.6) is 0 Å². The van der Waals surface area contributed by atoms with Crippen molar-refractivity contribution in [3.63, 3.8) is 0 Å². The van der Waals surface area contributed by atoms with E-state index in [1.54, 1.807) is 12.3 Å². The zero-order valence-electron chi connectivity index (χ0n) is 9.56. The van der Waals surface area contributed by atoms with Crippen molar-refractivity contribution in [3.05, 3.63) is 29.6 Å². The van der Waals surface area contributed by atoms with Gasteiger partial charge in [0.25, 0.3) is 0 Å². The predicted octanol–water partition coefficient (Wildman–Crippen LogP) is 1.37. The van der Waals surface area contributed by atoms with E-state index in [1.807, 2.05) is 6.07 Å². The third-order valence-corrected chi connectivity index (χ3v) is 2.90. The summed E-state index contributed by atoms with van der Waals surface area (Å²) in [5.41, 5.74) is 1.44. The first kappa shape index (κ1) is 11.1. The molecule has 2 atom stereocenters. The Balaban J connectivity index is 1.89. The van der Waals surface area contributed by atoms with Crippen LogP contribution in [0.3, 0.4) is 0 Å². The highest BCUT2D eigenvalue weighted by molar-refractivity contribution is 5.88. The molecule has 1 aliphatic rings. The molecule has 0 bridgehead atoms. The van der Waals surface area contributed by atoms with Crippen molar-refractivity contribution >= 4 is 5.97 Å². The Labute approximate surface area is 95.0 Å². The number of aromatic nitrogens is 1. The SMILES string of the molecule is COC(=O)c1ccc(CNC2CC2C)nc1. The average Bonchev–Trinajstić information content (AvgIpc) is 3.02. The molecule has 0 amide bonds. The summed E-state index contributed by atoms with van der Waals surface area (Å²) in [6, 6.07) is 4.24. The maximum absolute atomic E-state index is 11.2. The number of ether oxygens (including phenoxy) is 1. The number of carbonyl (C=O) groups is 1. The van der Waals surface area contributed by atoms with E-state index < -0.39 is 0 Å². The van der Waals surface area contributed by atoms with Gasteiger partial charge in [0.2, 0.25) is 0 Å². The highest BCUT2D eigenvalue weighted by Gasteiger charge is 2.31. The molecule has 1 fully saturated rings. The van der Waals surface area contributed by atoms with Gasteiger partial charge in [-0.15, -0.1) is 0 Å². The van der Waals surface area contributed by atoms with Crippen LogP contribution in [0.25, 0.3) is 0 Å². The number of nitrogens with one attached hydrogen (secondary N) is 1. The topological polar surface area (TPSA) is 51.2 Å². The van der Waals surface area contributed by atoms with Crippen LogP contribution in [-0.2, 0) is 11.3 Å². The number of carbonyl (C=O) groups excluding carboxylic acids is 1. The standard InChI is InChI=1S/C12H16N2O2/c1-8-5-11(8)14-7-10-4-3-9(6-13-10)12(15)16-2/h3-4,6,8,11,14H,5,7H2,1-2H3. The van der Waals surface area contributed by atoms with Crippen LogP contribution in [0.1, 0.15) is 29.4 Å². The predicted molar refractivity (Wildman–Crippen MR) is 60.0 cm³/mol. The molecule has 86 valence electrons. The van der Waals surface area contributed by atoms with Gasteiger partial charge in [0.1, 0.15) is 0 Å². The van der Waals surface area contributed by atoms with E-state index in [0.717, 1.165) is 18.2 Å². The molecule has 0 radical (unpaired) electrons. The van der Waals surface area contributed by atoms with Crippen LogP contribution in [0.2, 0.25) is 0 Å². The van der Waals surface area contributed by atoms with Gasteiger partial charge in [-0.2, -0.15) is 0 Å². The summed E-state index contributed by atoms with van der Waals surface area (Å²) in [7, 11) is 1.37. The molecule has 4 heteroatoms. The fourth-order valence-electron chi connectivity index (χ4n) is 1.61. The lowest BCUT2D eigenvalue weighted by Crippen LogP contribution is -2.18. The van der Waals surface area contributed by atoms with Gasteiger partial charge >= 0.3 is 5.97 Å². The second-order valence-electron chi connectivity index (χ2n) is 4.23. The Morgan fingerprint density at radius 3 is 2.88 bits per heavy atom. The van der Waals surface area contributed by atoms with Crippen molar-refractivity contribution in [3.8, 4) is 0 Å². The Morgan fingerprint density at radius 1 is 1.62 bits per heavy atom. The number of hydrogen-bond acceptors (Lipinski definition) is 4. The molecule has 1 aromatic rings. The van der Waals surface area contributed by atoms with Gasteiger partial charge < -0.3 is 10.1 Å². The van der Waals surface area contributed by atoms with Crippen LogP contribution in [0, 0.1) is 5.92 Å². The molecule has 0 saturated heterocycles. The van der Waals surface area contributed by atoms with E-state index in [0.29, 0.717) is 11.6 Å². The van der Waals surface area contributed by atoms with E-state index in [4.69, 9.17) is 0 Å². The highest BCUT2D eigenvalue weighted by atomic mass is 16.5. The van der Waals surface area contributed by atoms with Gasteiger partial charge in [-0.3, -0.25) is 4.98 Å². The lowest BCUT2D eigenvalue weighted by atomic mass is 10.2. The van der Waals surface area contributed by atoms with Crippen LogP contribution >= 0.6 is 0 Å². The van der Waals surface area contributed by atoms with Crippen molar-refractivity contribution in [1.29, 1.82) is 0 Å². The van der Waals surface area contributed by atoms with E-state index in [-0.39, 0.29) is 5.97 Å². The molecule has 1 aliphatic carbocycles.